The zero-order valence-corrected chi connectivity index (χ0v) is 23.3. The topological polar surface area (TPSA) is 83.9 Å². The van der Waals surface area contributed by atoms with Gasteiger partial charge in [0.25, 0.3) is 5.19 Å². The molecule has 6 rings (SSSR count). The number of thiazole rings is 1. The molecule has 0 atom stereocenters. The van der Waals surface area contributed by atoms with Crippen LogP contribution in [0.3, 0.4) is 0 Å². The maximum Gasteiger partial charge on any atom is 0.294 e. The lowest BCUT2D eigenvalue weighted by Gasteiger charge is -2.22. The molecule has 0 aliphatic rings. The number of aromatic nitrogens is 4. The summed E-state index contributed by atoms with van der Waals surface area (Å²) in [4.78, 5) is 10.3. The number of methoxy groups -OCH3 is 2. The van der Waals surface area contributed by atoms with E-state index in [1.54, 1.807) is 30.1 Å². The number of imidazole rings is 1. The van der Waals surface area contributed by atoms with Crippen LogP contribution < -0.4 is 14.2 Å². The molecule has 4 heterocycles. The van der Waals surface area contributed by atoms with Crippen molar-refractivity contribution in [1.82, 2.24) is 19.6 Å². The van der Waals surface area contributed by atoms with E-state index in [0.29, 0.717) is 40.3 Å². The summed E-state index contributed by atoms with van der Waals surface area (Å²) in [7, 11) is 3.21. The van der Waals surface area contributed by atoms with E-state index < -0.39 is 0 Å². The zero-order chi connectivity index (χ0) is 26.4. The molecule has 8 nitrogen and oxygen atoms in total. The molecule has 4 aromatic heterocycles. The molecule has 0 radical (unpaired) electrons. The second kappa shape index (κ2) is 9.45. The first-order valence-corrected chi connectivity index (χ1v) is 13.7. The molecule has 0 spiro atoms. The molecule has 38 heavy (non-hydrogen) atoms. The lowest BCUT2D eigenvalue weighted by molar-refractivity contribution is 0.303. The molecule has 0 aliphatic carbocycles. The smallest absolute Gasteiger partial charge is 0.294 e. The van der Waals surface area contributed by atoms with Crippen LogP contribution >= 0.6 is 22.7 Å². The lowest BCUT2D eigenvalue weighted by atomic mass is 9.85. The van der Waals surface area contributed by atoms with Gasteiger partial charge < -0.3 is 18.6 Å². The third-order valence-corrected chi connectivity index (χ3v) is 8.59. The first kappa shape index (κ1) is 24.4. The van der Waals surface area contributed by atoms with E-state index in [1.807, 2.05) is 24.4 Å². The minimum Gasteiger partial charge on any atom is -0.496 e. The van der Waals surface area contributed by atoms with E-state index in [2.05, 4.69) is 60.5 Å². The molecule has 0 amide bonds. The Morgan fingerprint density at radius 3 is 2.58 bits per heavy atom. The number of hydrogen-bond acceptors (Lipinski definition) is 9. The van der Waals surface area contributed by atoms with E-state index in [9.17, 15) is 0 Å². The first-order valence-electron chi connectivity index (χ1n) is 12.0. The summed E-state index contributed by atoms with van der Waals surface area (Å²) in [5.41, 5.74) is 4.48. The van der Waals surface area contributed by atoms with Crippen LogP contribution in [0.25, 0.3) is 27.4 Å². The van der Waals surface area contributed by atoms with Crippen LogP contribution in [0.4, 0.5) is 0 Å². The number of nitrogens with zero attached hydrogens (tertiary/aromatic N) is 4. The minimum absolute atomic E-state index is 0.198. The van der Waals surface area contributed by atoms with Gasteiger partial charge in [-0.3, -0.25) is 0 Å². The van der Waals surface area contributed by atoms with Gasteiger partial charge in [0.05, 0.1) is 31.5 Å². The largest absolute Gasteiger partial charge is 0.496 e. The first-order chi connectivity index (χ1) is 18.3. The highest BCUT2D eigenvalue weighted by Gasteiger charge is 2.27. The molecule has 194 valence electrons. The SMILES string of the molecule is COc1cc(OCc2csc(C(C)(C)c3ccc(C)cc3)n2)c2cc(-c3cn4nc(OC)sc4n3)oc2c1. The molecule has 0 saturated carbocycles. The molecule has 10 heteroatoms. The number of furan rings is 1. The van der Waals surface area contributed by atoms with Crippen LogP contribution in [-0.4, -0.2) is 33.8 Å². The van der Waals surface area contributed by atoms with Gasteiger partial charge in [-0.05, 0) is 43.7 Å². The third kappa shape index (κ3) is 4.39. The molecule has 2 aromatic carbocycles. The van der Waals surface area contributed by atoms with E-state index in [0.717, 1.165) is 21.0 Å². The summed E-state index contributed by atoms with van der Waals surface area (Å²) in [5.74, 6) is 1.91. The molecule has 6 aromatic rings. The fourth-order valence-electron chi connectivity index (χ4n) is 4.24. The Morgan fingerprint density at radius 1 is 1.03 bits per heavy atom. The highest BCUT2D eigenvalue weighted by atomic mass is 32.1. The molecule has 0 aliphatic heterocycles. The lowest BCUT2D eigenvalue weighted by Crippen LogP contribution is -2.18. The van der Waals surface area contributed by atoms with Crippen molar-refractivity contribution in [2.24, 2.45) is 0 Å². The number of rotatable bonds is 8. The predicted octanol–water partition coefficient (Wildman–Crippen LogP) is 6.89. The van der Waals surface area contributed by atoms with Gasteiger partial charge in [-0.25, -0.2) is 14.5 Å². The van der Waals surface area contributed by atoms with Crippen molar-refractivity contribution >= 4 is 38.6 Å². The number of fused-ring (bicyclic) bond motifs is 2. The van der Waals surface area contributed by atoms with E-state index in [1.165, 1.54) is 22.5 Å². The Kier molecular flexibility index (Phi) is 6.08. The molecular formula is C28H26N4O4S2. The summed E-state index contributed by atoms with van der Waals surface area (Å²) in [5, 5.41) is 8.83. The molecule has 0 fully saturated rings. The number of ether oxygens (including phenoxy) is 3. The van der Waals surface area contributed by atoms with Gasteiger partial charge in [0.15, 0.2) is 5.76 Å². The predicted molar refractivity (Wildman–Crippen MR) is 149 cm³/mol. The van der Waals surface area contributed by atoms with Crippen molar-refractivity contribution in [2.75, 3.05) is 14.2 Å². The van der Waals surface area contributed by atoms with Crippen molar-refractivity contribution in [3.63, 3.8) is 0 Å². The van der Waals surface area contributed by atoms with E-state index >= 15 is 0 Å². The fourth-order valence-corrected chi connectivity index (χ4v) is 5.89. The maximum atomic E-state index is 6.27. The second-order valence-corrected chi connectivity index (χ2v) is 11.3. The Morgan fingerprint density at radius 2 is 1.84 bits per heavy atom. The average Bonchev–Trinajstić information content (AvgIpc) is 3.69. The van der Waals surface area contributed by atoms with Crippen molar-refractivity contribution in [3.05, 3.63) is 75.9 Å². The summed E-state index contributed by atoms with van der Waals surface area (Å²) in [6.45, 7) is 6.82. The maximum absolute atomic E-state index is 6.27. The minimum atomic E-state index is -0.198. The summed E-state index contributed by atoms with van der Waals surface area (Å²) in [6, 6.07) is 14.3. The standard InChI is InChI=1S/C28H26N4O4S2/c1-16-6-8-17(9-7-16)28(2,3)25-29-18(15-37-25)14-35-22-10-19(33-4)11-23-20(22)12-24(36-23)21-13-32-26(30-21)38-27(31-32)34-5/h6-13,15H,14H2,1-5H3. The van der Waals surface area contributed by atoms with Crippen LogP contribution in [-0.2, 0) is 12.0 Å². The molecule has 0 saturated heterocycles. The van der Waals surface area contributed by atoms with Crippen molar-refractivity contribution in [2.45, 2.75) is 32.8 Å². The third-order valence-electron chi connectivity index (χ3n) is 6.50. The summed E-state index contributed by atoms with van der Waals surface area (Å²) in [6.07, 6.45) is 1.82. The Balaban J connectivity index is 1.27. The van der Waals surface area contributed by atoms with Gasteiger partial charge in [-0.1, -0.05) is 29.8 Å². The molecular weight excluding hydrogens is 520 g/mol. The quantitative estimate of drug-likeness (QED) is 0.205. The molecule has 0 bridgehead atoms. The van der Waals surface area contributed by atoms with E-state index in [-0.39, 0.29) is 5.41 Å². The van der Waals surface area contributed by atoms with Gasteiger partial charge in [0, 0.05) is 22.9 Å². The van der Waals surface area contributed by atoms with Crippen LogP contribution in [0.1, 0.15) is 35.7 Å². The van der Waals surface area contributed by atoms with Crippen molar-refractivity contribution in [3.8, 4) is 28.1 Å². The normalized spacial score (nSPS) is 11.9. The number of aryl methyl sites for hydroxylation is 1. The number of benzene rings is 2. The Hall–Kier alpha value is -3.89. The highest BCUT2D eigenvalue weighted by Crippen LogP contribution is 2.38. The van der Waals surface area contributed by atoms with Gasteiger partial charge >= 0.3 is 0 Å². The average molecular weight is 547 g/mol. The Bertz CT molecular complexity index is 1710. The molecule has 0 unspecified atom stereocenters. The van der Waals surface area contributed by atoms with Gasteiger partial charge in [0.2, 0.25) is 4.96 Å². The van der Waals surface area contributed by atoms with E-state index in [4.69, 9.17) is 23.6 Å². The van der Waals surface area contributed by atoms with Gasteiger partial charge in [0.1, 0.15) is 34.4 Å². The summed E-state index contributed by atoms with van der Waals surface area (Å²) >= 11 is 3.01. The molecule has 0 N–H and O–H groups in total. The van der Waals surface area contributed by atoms with Crippen LogP contribution in [0, 0.1) is 6.92 Å². The van der Waals surface area contributed by atoms with Crippen molar-refractivity contribution < 1.29 is 18.6 Å². The zero-order valence-electron chi connectivity index (χ0n) is 21.6. The van der Waals surface area contributed by atoms with Crippen molar-refractivity contribution in [1.29, 1.82) is 0 Å². The van der Waals surface area contributed by atoms with Gasteiger partial charge in [-0.2, -0.15) is 0 Å². The van der Waals surface area contributed by atoms with Crippen LogP contribution in [0.5, 0.6) is 16.7 Å². The van der Waals surface area contributed by atoms with Crippen LogP contribution in [0.2, 0.25) is 0 Å². The highest BCUT2D eigenvalue weighted by molar-refractivity contribution is 7.18. The van der Waals surface area contributed by atoms with Gasteiger partial charge in [-0.15, -0.1) is 16.4 Å². The fraction of sp³-hybridized carbons (Fsp3) is 0.250. The second-order valence-electron chi connectivity index (χ2n) is 9.50. The summed E-state index contributed by atoms with van der Waals surface area (Å²) < 4.78 is 24.8. The Labute approximate surface area is 227 Å². The van der Waals surface area contributed by atoms with Crippen LogP contribution in [0.15, 0.2) is 58.5 Å². The monoisotopic (exact) mass is 546 g/mol. The number of hydrogen-bond donors (Lipinski definition) is 0.